The van der Waals surface area contributed by atoms with Crippen molar-refractivity contribution in [2.45, 2.75) is 19.4 Å². The van der Waals surface area contributed by atoms with Crippen LogP contribution in [0.4, 0.5) is 0 Å². The first-order valence-electron chi connectivity index (χ1n) is 6.29. The van der Waals surface area contributed by atoms with Crippen molar-refractivity contribution < 1.29 is 0 Å². The Morgan fingerprint density at radius 1 is 1.16 bits per heavy atom. The number of nitrogens with one attached hydrogen (secondary N) is 1. The molecule has 0 aliphatic rings. The zero-order chi connectivity index (χ0) is 13.8. The molecule has 0 aromatic heterocycles. The van der Waals surface area contributed by atoms with E-state index in [0.717, 1.165) is 21.5 Å². The third kappa shape index (κ3) is 3.38. The van der Waals surface area contributed by atoms with Gasteiger partial charge in [0.05, 0.1) is 0 Å². The minimum atomic E-state index is 0.261. The number of hydrogen-bond donors (Lipinski definition) is 1. The van der Waals surface area contributed by atoms with Crippen molar-refractivity contribution in [3.8, 4) is 0 Å². The molecule has 0 radical (unpaired) electrons. The van der Waals surface area contributed by atoms with Gasteiger partial charge in [-0.2, -0.15) is 0 Å². The molecule has 19 heavy (non-hydrogen) atoms. The fourth-order valence-corrected chi connectivity index (χ4v) is 2.88. The molecule has 0 saturated carbocycles. The fraction of sp³-hybridized carbons (Fsp3) is 0.250. The van der Waals surface area contributed by atoms with E-state index in [1.165, 1.54) is 11.1 Å². The van der Waals surface area contributed by atoms with Gasteiger partial charge in [0.25, 0.3) is 0 Å². The van der Waals surface area contributed by atoms with Gasteiger partial charge < -0.3 is 5.32 Å². The van der Waals surface area contributed by atoms with Gasteiger partial charge in [-0.3, -0.25) is 0 Å². The predicted molar refractivity (Wildman–Crippen MR) is 85.8 cm³/mol. The molecule has 0 amide bonds. The minimum absolute atomic E-state index is 0.261. The normalized spacial score (nSPS) is 12.4. The van der Waals surface area contributed by atoms with Crippen LogP contribution in [-0.2, 0) is 6.42 Å². The molecule has 0 aliphatic carbocycles. The Bertz CT molecular complexity index is 568. The van der Waals surface area contributed by atoms with Gasteiger partial charge in [0.1, 0.15) is 0 Å². The highest BCUT2D eigenvalue weighted by molar-refractivity contribution is 9.10. The molecular formula is C16H17BrClN. The van der Waals surface area contributed by atoms with Gasteiger partial charge in [0.2, 0.25) is 0 Å². The topological polar surface area (TPSA) is 12.0 Å². The molecule has 0 heterocycles. The Morgan fingerprint density at radius 2 is 1.89 bits per heavy atom. The van der Waals surface area contributed by atoms with Gasteiger partial charge >= 0.3 is 0 Å². The molecule has 1 unspecified atom stereocenters. The maximum Gasteiger partial charge on any atom is 0.0438 e. The standard InChI is InChI=1S/C16H17BrClN/c1-11-13(7-5-9-15(11)18)16(19-2)10-12-6-3-4-8-14(12)17/h3-9,16,19H,10H2,1-2H3. The van der Waals surface area contributed by atoms with Gasteiger partial charge in [-0.15, -0.1) is 0 Å². The van der Waals surface area contributed by atoms with E-state index in [-0.39, 0.29) is 6.04 Å². The fourth-order valence-electron chi connectivity index (χ4n) is 2.25. The van der Waals surface area contributed by atoms with E-state index in [2.05, 4.69) is 52.4 Å². The molecule has 1 N–H and O–H groups in total. The lowest BCUT2D eigenvalue weighted by Gasteiger charge is -2.20. The summed E-state index contributed by atoms with van der Waals surface area (Å²) in [7, 11) is 1.99. The van der Waals surface area contributed by atoms with Crippen LogP contribution in [0.5, 0.6) is 0 Å². The number of halogens is 2. The van der Waals surface area contributed by atoms with Crippen molar-refractivity contribution in [3.05, 3.63) is 68.7 Å². The summed E-state index contributed by atoms with van der Waals surface area (Å²) >= 11 is 9.82. The Balaban J connectivity index is 2.31. The molecule has 0 aliphatic heterocycles. The molecule has 0 bridgehead atoms. The van der Waals surface area contributed by atoms with Crippen molar-refractivity contribution >= 4 is 27.5 Å². The number of hydrogen-bond acceptors (Lipinski definition) is 1. The van der Waals surface area contributed by atoms with Crippen LogP contribution < -0.4 is 5.32 Å². The molecule has 2 aromatic rings. The first kappa shape index (κ1) is 14.6. The molecule has 2 rings (SSSR count). The summed E-state index contributed by atoms with van der Waals surface area (Å²) in [5.41, 5.74) is 3.70. The molecule has 100 valence electrons. The monoisotopic (exact) mass is 337 g/mol. The van der Waals surface area contributed by atoms with E-state index in [1.807, 2.05) is 25.2 Å². The summed E-state index contributed by atoms with van der Waals surface area (Å²) in [6.45, 7) is 2.07. The van der Waals surface area contributed by atoms with E-state index in [9.17, 15) is 0 Å². The second-order valence-corrected chi connectivity index (χ2v) is 5.85. The Kier molecular flexibility index (Phi) is 5.03. The lowest BCUT2D eigenvalue weighted by molar-refractivity contribution is 0.588. The lowest BCUT2D eigenvalue weighted by atomic mass is 9.95. The molecule has 2 aromatic carbocycles. The van der Waals surface area contributed by atoms with Crippen molar-refractivity contribution in [2.24, 2.45) is 0 Å². The lowest BCUT2D eigenvalue weighted by Crippen LogP contribution is -2.20. The number of rotatable bonds is 4. The molecule has 0 saturated heterocycles. The van der Waals surface area contributed by atoms with E-state index < -0.39 is 0 Å². The third-order valence-electron chi connectivity index (χ3n) is 3.42. The average molecular weight is 339 g/mol. The molecular weight excluding hydrogens is 322 g/mol. The second kappa shape index (κ2) is 6.56. The predicted octanol–water partition coefficient (Wildman–Crippen LogP) is 4.91. The molecule has 1 nitrogen and oxygen atoms in total. The summed E-state index contributed by atoms with van der Waals surface area (Å²) in [5.74, 6) is 0. The van der Waals surface area contributed by atoms with Crippen LogP contribution in [0.15, 0.2) is 46.9 Å². The third-order valence-corrected chi connectivity index (χ3v) is 4.60. The molecule has 3 heteroatoms. The Morgan fingerprint density at radius 3 is 2.58 bits per heavy atom. The van der Waals surface area contributed by atoms with Crippen LogP contribution in [0.3, 0.4) is 0 Å². The minimum Gasteiger partial charge on any atom is -0.313 e. The molecule has 1 atom stereocenters. The van der Waals surface area contributed by atoms with Gasteiger partial charge in [0, 0.05) is 15.5 Å². The average Bonchev–Trinajstić information content (AvgIpc) is 2.41. The quantitative estimate of drug-likeness (QED) is 0.835. The van der Waals surface area contributed by atoms with E-state index in [4.69, 9.17) is 11.6 Å². The molecule has 0 spiro atoms. The van der Waals surface area contributed by atoms with E-state index >= 15 is 0 Å². The van der Waals surface area contributed by atoms with Gasteiger partial charge in [-0.1, -0.05) is 57.9 Å². The van der Waals surface area contributed by atoms with Crippen LogP contribution in [0.2, 0.25) is 5.02 Å². The summed E-state index contributed by atoms with van der Waals surface area (Å²) in [5, 5.41) is 4.21. The first-order valence-corrected chi connectivity index (χ1v) is 7.46. The summed E-state index contributed by atoms with van der Waals surface area (Å²) in [4.78, 5) is 0. The smallest absolute Gasteiger partial charge is 0.0438 e. The van der Waals surface area contributed by atoms with Crippen molar-refractivity contribution in [3.63, 3.8) is 0 Å². The largest absolute Gasteiger partial charge is 0.313 e. The van der Waals surface area contributed by atoms with Crippen LogP contribution in [0, 0.1) is 6.92 Å². The van der Waals surface area contributed by atoms with Crippen LogP contribution in [0.1, 0.15) is 22.7 Å². The summed E-state index contributed by atoms with van der Waals surface area (Å²) < 4.78 is 1.15. The zero-order valence-electron chi connectivity index (χ0n) is 11.1. The number of likely N-dealkylation sites (N-methyl/N-ethyl adjacent to an activating group) is 1. The summed E-state index contributed by atoms with van der Waals surface area (Å²) in [6, 6.07) is 14.7. The van der Waals surface area contributed by atoms with Crippen molar-refractivity contribution in [1.82, 2.24) is 5.32 Å². The van der Waals surface area contributed by atoms with Gasteiger partial charge in [0.15, 0.2) is 0 Å². The Hall–Kier alpha value is -0.830. The first-order chi connectivity index (χ1) is 9.13. The van der Waals surface area contributed by atoms with E-state index in [0.29, 0.717) is 0 Å². The molecule has 0 fully saturated rings. The van der Waals surface area contributed by atoms with Gasteiger partial charge in [-0.05, 0) is 49.2 Å². The highest BCUT2D eigenvalue weighted by Gasteiger charge is 2.15. The van der Waals surface area contributed by atoms with Crippen LogP contribution >= 0.6 is 27.5 Å². The van der Waals surface area contributed by atoms with E-state index in [1.54, 1.807) is 0 Å². The highest BCUT2D eigenvalue weighted by atomic mass is 79.9. The van der Waals surface area contributed by atoms with Crippen LogP contribution in [0.25, 0.3) is 0 Å². The van der Waals surface area contributed by atoms with Crippen LogP contribution in [-0.4, -0.2) is 7.05 Å². The van der Waals surface area contributed by atoms with Crippen molar-refractivity contribution in [1.29, 1.82) is 0 Å². The Labute approximate surface area is 128 Å². The number of benzene rings is 2. The van der Waals surface area contributed by atoms with Crippen molar-refractivity contribution in [2.75, 3.05) is 7.05 Å². The maximum absolute atomic E-state index is 6.21. The maximum atomic E-state index is 6.21. The SMILES string of the molecule is CNC(Cc1ccccc1Br)c1cccc(Cl)c1C. The highest BCUT2D eigenvalue weighted by Crippen LogP contribution is 2.28. The zero-order valence-corrected chi connectivity index (χ0v) is 13.4. The summed E-state index contributed by atoms with van der Waals surface area (Å²) in [6.07, 6.45) is 0.930. The van der Waals surface area contributed by atoms with Gasteiger partial charge in [-0.25, -0.2) is 0 Å². The second-order valence-electron chi connectivity index (χ2n) is 4.59.